The summed E-state index contributed by atoms with van der Waals surface area (Å²) in [5, 5.41) is 6.87. The second-order valence-corrected chi connectivity index (χ2v) is 4.78. The highest BCUT2D eigenvalue weighted by molar-refractivity contribution is 7.09. The highest BCUT2D eigenvalue weighted by atomic mass is 32.1. The molecule has 0 saturated heterocycles. The fourth-order valence-electron chi connectivity index (χ4n) is 1.22. The fraction of sp³-hybridized carbons (Fsp3) is 0.231. The van der Waals surface area contributed by atoms with Crippen LogP contribution < -0.4 is 10.6 Å². The average Bonchev–Trinajstić information content (AvgIpc) is 2.94. The fourth-order valence-corrected chi connectivity index (χ4v) is 1.95. The standard InChI is InChI=1S/C13H15N3O4S/c1-5-10-16-9(6-21-10)12(18)14-7(2)11(17)15-8(3)13(19)20-4/h6H,2-3,5H2,1,4H3,(H,14,18)(H,15,17). The molecule has 0 aliphatic rings. The number of thiazole rings is 1. The minimum Gasteiger partial charge on any atom is -0.464 e. The molecule has 1 aromatic heterocycles. The summed E-state index contributed by atoms with van der Waals surface area (Å²) in [6.45, 7) is 8.67. The largest absolute Gasteiger partial charge is 0.464 e. The van der Waals surface area contributed by atoms with E-state index in [2.05, 4.69) is 33.5 Å². The zero-order valence-electron chi connectivity index (χ0n) is 11.7. The van der Waals surface area contributed by atoms with Crippen molar-refractivity contribution in [1.82, 2.24) is 15.6 Å². The van der Waals surface area contributed by atoms with Crippen molar-refractivity contribution in [2.24, 2.45) is 0 Å². The number of carbonyl (C=O) groups excluding carboxylic acids is 3. The van der Waals surface area contributed by atoms with Crippen LogP contribution in [0.4, 0.5) is 0 Å². The van der Waals surface area contributed by atoms with E-state index in [0.29, 0.717) is 0 Å². The number of methoxy groups -OCH3 is 1. The van der Waals surface area contributed by atoms with E-state index in [0.717, 1.165) is 18.5 Å². The molecule has 7 nitrogen and oxygen atoms in total. The highest BCUT2D eigenvalue weighted by Crippen LogP contribution is 2.10. The number of esters is 1. The van der Waals surface area contributed by atoms with Crippen LogP contribution in [0.1, 0.15) is 22.4 Å². The van der Waals surface area contributed by atoms with Crippen LogP contribution in [0.5, 0.6) is 0 Å². The van der Waals surface area contributed by atoms with Gasteiger partial charge in [-0.3, -0.25) is 9.59 Å². The smallest absolute Gasteiger partial charge is 0.353 e. The SMILES string of the molecule is C=C(NC(=O)c1csc(CC)n1)C(=O)NC(=C)C(=O)OC. The molecule has 1 rings (SSSR count). The molecule has 0 atom stereocenters. The van der Waals surface area contributed by atoms with Crippen LogP contribution in [0.3, 0.4) is 0 Å². The minimum absolute atomic E-state index is 0.206. The van der Waals surface area contributed by atoms with Crippen LogP contribution in [0.2, 0.25) is 0 Å². The van der Waals surface area contributed by atoms with Gasteiger partial charge >= 0.3 is 5.97 Å². The number of hydrogen-bond donors (Lipinski definition) is 2. The molecule has 112 valence electrons. The molecule has 0 aliphatic carbocycles. The number of carbonyl (C=O) groups is 3. The van der Waals surface area contributed by atoms with Crippen molar-refractivity contribution in [3.63, 3.8) is 0 Å². The van der Waals surface area contributed by atoms with E-state index in [9.17, 15) is 14.4 Å². The van der Waals surface area contributed by atoms with Gasteiger partial charge in [-0.05, 0) is 6.42 Å². The van der Waals surface area contributed by atoms with Gasteiger partial charge in [0.1, 0.15) is 11.4 Å². The van der Waals surface area contributed by atoms with Crippen LogP contribution in [-0.2, 0) is 20.7 Å². The van der Waals surface area contributed by atoms with Gasteiger partial charge in [-0.2, -0.15) is 0 Å². The number of ether oxygens (including phenoxy) is 1. The van der Waals surface area contributed by atoms with Gasteiger partial charge in [0.15, 0.2) is 0 Å². The van der Waals surface area contributed by atoms with Crippen LogP contribution >= 0.6 is 11.3 Å². The number of nitrogens with zero attached hydrogens (tertiary/aromatic N) is 1. The summed E-state index contributed by atoms with van der Waals surface area (Å²) < 4.78 is 4.38. The maximum Gasteiger partial charge on any atom is 0.353 e. The van der Waals surface area contributed by atoms with Crippen LogP contribution in [0.15, 0.2) is 29.9 Å². The molecule has 1 heterocycles. The Morgan fingerprint density at radius 2 is 1.95 bits per heavy atom. The zero-order valence-corrected chi connectivity index (χ0v) is 12.5. The second-order valence-electron chi connectivity index (χ2n) is 3.84. The molecular weight excluding hydrogens is 294 g/mol. The summed E-state index contributed by atoms with van der Waals surface area (Å²) in [5.41, 5.74) is -0.270. The predicted octanol–water partition coefficient (Wildman–Crippen LogP) is 0.752. The molecule has 0 radical (unpaired) electrons. The third-order valence-electron chi connectivity index (χ3n) is 2.32. The molecular formula is C13H15N3O4S. The quantitative estimate of drug-likeness (QED) is 0.597. The van der Waals surface area contributed by atoms with Gasteiger partial charge in [0.25, 0.3) is 11.8 Å². The molecule has 1 aromatic rings. The highest BCUT2D eigenvalue weighted by Gasteiger charge is 2.17. The molecule has 0 aliphatic heterocycles. The summed E-state index contributed by atoms with van der Waals surface area (Å²) in [7, 11) is 1.16. The summed E-state index contributed by atoms with van der Waals surface area (Å²) in [4.78, 5) is 38.7. The Labute approximate surface area is 125 Å². The zero-order chi connectivity index (χ0) is 16.0. The van der Waals surface area contributed by atoms with E-state index in [4.69, 9.17) is 0 Å². The van der Waals surface area contributed by atoms with Gasteiger partial charge in [0.2, 0.25) is 0 Å². The maximum atomic E-state index is 11.8. The first-order valence-corrected chi connectivity index (χ1v) is 6.80. The number of amides is 2. The van der Waals surface area contributed by atoms with Gasteiger partial charge in [0.05, 0.1) is 17.8 Å². The van der Waals surface area contributed by atoms with Crippen molar-refractivity contribution in [2.45, 2.75) is 13.3 Å². The van der Waals surface area contributed by atoms with Crippen LogP contribution in [0.25, 0.3) is 0 Å². The van der Waals surface area contributed by atoms with Crippen molar-refractivity contribution in [2.75, 3.05) is 7.11 Å². The molecule has 0 unspecified atom stereocenters. The molecule has 2 amide bonds. The Morgan fingerprint density at radius 1 is 1.29 bits per heavy atom. The first kappa shape index (κ1) is 16.6. The van der Waals surface area contributed by atoms with Gasteiger partial charge in [-0.15, -0.1) is 11.3 Å². The lowest BCUT2D eigenvalue weighted by Gasteiger charge is -2.09. The Kier molecular flexibility index (Phi) is 5.79. The molecule has 8 heteroatoms. The first-order valence-electron chi connectivity index (χ1n) is 5.92. The number of nitrogens with one attached hydrogen (secondary N) is 2. The van der Waals surface area contributed by atoms with Gasteiger partial charge in [-0.1, -0.05) is 20.1 Å². The van der Waals surface area contributed by atoms with E-state index in [1.165, 1.54) is 11.3 Å². The van der Waals surface area contributed by atoms with Crippen molar-refractivity contribution < 1.29 is 19.1 Å². The number of rotatable bonds is 6. The monoisotopic (exact) mass is 309 g/mol. The van der Waals surface area contributed by atoms with Crippen LogP contribution in [-0.4, -0.2) is 29.9 Å². The van der Waals surface area contributed by atoms with E-state index in [1.54, 1.807) is 5.38 Å². The molecule has 21 heavy (non-hydrogen) atoms. The minimum atomic E-state index is -0.783. The molecule has 2 N–H and O–H groups in total. The molecule has 0 aromatic carbocycles. The van der Waals surface area contributed by atoms with Crippen molar-refractivity contribution >= 4 is 29.1 Å². The van der Waals surface area contributed by atoms with Gasteiger partial charge in [0, 0.05) is 5.38 Å². The first-order chi connectivity index (χ1) is 9.88. The number of aromatic nitrogens is 1. The van der Waals surface area contributed by atoms with E-state index < -0.39 is 17.8 Å². The van der Waals surface area contributed by atoms with E-state index in [1.807, 2.05) is 6.92 Å². The van der Waals surface area contributed by atoms with E-state index in [-0.39, 0.29) is 17.1 Å². The van der Waals surface area contributed by atoms with Gasteiger partial charge in [-0.25, -0.2) is 9.78 Å². The summed E-state index contributed by atoms with van der Waals surface area (Å²) in [6.07, 6.45) is 0.721. The van der Waals surface area contributed by atoms with Gasteiger partial charge < -0.3 is 15.4 Å². The van der Waals surface area contributed by atoms with E-state index >= 15 is 0 Å². The normalized spacial score (nSPS) is 9.62. The molecule has 0 fully saturated rings. The number of aryl methyl sites for hydroxylation is 1. The Bertz CT molecular complexity index is 606. The molecule has 0 spiro atoms. The summed E-state index contributed by atoms with van der Waals surface area (Å²) in [6, 6.07) is 0. The Hall–Kier alpha value is -2.48. The molecule has 0 bridgehead atoms. The predicted molar refractivity (Wildman–Crippen MR) is 77.4 cm³/mol. The second kappa shape index (κ2) is 7.34. The van der Waals surface area contributed by atoms with Crippen molar-refractivity contribution in [3.8, 4) is 0 Å². The lowest BCUT2D eigenvalue weighted by atomic mass is 10.3. The third-order valence-corrected chi connectivity index (χ3v) is 3.31. The van der Waals surface area contributed by atoms with Crippen LogP contribution in [0, 0.1) is 0 Å². The Balaban J connectivity index is 2.60. The summed E-state index contributed by atoms with van der Waals surface area (Å²) in [5.74, 6) is -2.09. The van der Waals surface area contributed by atoms with Crippen molar-refractivity contribution in [1.29, 1.82) is 0 Å². The summed E-state index contributed by atoms with van der Waals surface area (Å²) >= 11 is 1.35. The Morgan fingerprint density at radius 3 is 2.48 bits per heavy atom. The average molecular weight is 309 g/mol. The van der Waals surface area contributed by atoms with Crippen molar-refractivity contribution in [3.05, 3.63) is 40.6 Å². The number of hydrogen-bond acceptors (Lipinski definition) is 6. The molecule has 0 saturated carbocycles. The topological polar surface area (TPSA) is 97.4 Å². The third kappa shape index (κ3) is 4.53. The lowest BCUT2D eigenvalue weighted by Crippen LogP contribution is -2.35. The maximum absolute atomic E-state index is 11.8. The lowest BCUT2D eigenvalue weighted by molar-refractivity contribution is -0.137.